The Labute approximate surface area is 149 Å². The van der Waals surface area contributed by atoms with Crippen LogP contribution in [0.3, 0.4) is 0 Å². The van der Waals surface area contributed by atoms with E-state index in [9.17, 15) is 4.39 Å². The average Bonchev–Trinajstić information content (AvgIpc) is 2.65. The molecule has 2 aromatic carbocycles. The SMILES string of the molecule is CN=C(NCCc1ccccc1F)NCC(C)c1ccccc1OC. The molecule has 0 aliphatic rings. The van der Waals surface area contributed by atoms with Crippen molar-refractivity contribution in [3.8, 4) is 5.75 Å². The lowest BCUT2D eigenvalue weighted by Gasteiger charge is -2.18. The predicted octanol–water partition coefficient (Wildman–Crippen LogP) is 3.35. The molecule has 0 fully saturated rings. The number of nitrogens with zero attached hydrogens (tertiary/aromatic N) is 1. The Bertz CT molecular complexity index is 703. The van der Waals surface area contributed by atoms with Crippen LogP contribution < -0.4 is 15.4 Å². The summed E-state index contributed by atoms with van der Waals surface area (Å²) in [7, 11) is 3.41. The van der Waals surface area contributed by atoms with Gasteiger partial charge in [0.1, 0.15) is 11.6 Å². The molecule has 2 aromatic rings. The highest BCUT2D eigenvalue weighted by atomic mass is 19.1. The van der Waals surface area contributed by atoms with Gasteiger partial charge in [0.15, 0.2) is 5.96 Å². The third-order valence-electron chi connectivity index (χ3n) is 4.11. The Morgan fingerprint density at radius 3 is 2.56 bits per heavy atom. The number of hydrogen-bond donors (Lipinski definition) is 2. The fraction of sp³-hybridized carbons (Fsp3) is 0.350. The quantitative estimate of drug-likeness (QED) is 0.599. The molecule has 1 unspecified atom stereocenters. The maximum Gasteiger partial charge on any atom is 0.191 e. The summed E-state index contributed by atoms with van der Waals surface area (Å²) in [5.74, 6) is 1.69. The predicted molar refractivity (Wildman–Crippen MR) is 101 cm³/mol. The minimum atomic E-state index is -0.169. The summed E-state index contributed by atoms with van der Waals surface area (Å²) in [5, 5.41) is 6.53. The van der Waals surface area contributed by atoms with Crippen molar-refractivity contribution in [2.75, 3.05) is 27.2 Å². The van der Waals surface area contributed by atoms with Crippen LogP contribution in [0, 0.1) is 5.82 Å². The first-order valence-electron chi connectivity index (χ1n) is 8.46. The fourth-order valence-electron chi connectivity index (χ4n) is 2.67. The van der Waals surface area contributed by atoms with Crippen molar-refractivity contribution in [1.82, 2.24) is 10.6 Å². The van der Waals surface area contributed by atoms with Gasteiger partial charge in [0.25, 0.3) is 0 Å². The third kappa shape index (κ3) is 5.48. The van der Waals surface area contributed by atoms with E-state index in [4.69, 9.17) is 4.74 Å². The van der Waals surface area contributed by atoms with Gasteiger partial charge in [-0.3, -0.25) is 4.99 Å². The van der Waals surface area contributed by atoms with Gasteiger partial charge in [-0.1, -0.05) is 43.3 Å². The van der Waals surface area contributed by atoms with E-state index in [0.717, 1.165) is 17.9 Å². The van der Waals surface area contributed by atoms with Gasteiger partial charge in [-0.2, -0.15) is 0 Å². The summed E-state index contributed by atoms with van der Waals surface area (Å²) in [5.41, 5.74) is 1.85. The van der Waals surface area contributed by atoms with Gasteiger partial charge in [-0.05, 0) is 29.7 Å². The van der Waals surface area contributed by atoms with E-state index in [2.05, 4.69) is 28.6 Å². The lowest BCUT2D eigenvalue weighted by Crippen LogP contribution is -2.40. The molecule has 2 N–H and O–H groups in total. The number of para-hydroxylation sites is 1. The molecule has 0 saturated heterocycles. The molecule has 0 aliphatic carbocycles. The highest BCUT2D eigenvalue weighted by Gasteiger charge is 2.11. The maximum atomic E-state index is 13.6. The van der Waals surface area contributed by atoms with Crippen molar-refractivity contribution in [3.05, 3.63) is 65.5 Å². The number of ether oxygens (including phenoxy) is 1. The van der Waals surface area contributed by atoms with Gasteiger partial charge in [-0.25, -0.2) is 4.39 Å². The molecule has 0 radical (unpaired) electrons. The van der Waals surface area contributed by atoms with Crippen LogP contribution in [-0.2, 0) is 6.42 Å². The summed E-state index contributed by atoms with van der Waals surface area (Å²) < 4.78 is 19.0. The highest BCUT2D eigenvalue weighted by Crippen LogP contribution is 2.25. The van der Waals surface area contributed by atoms with Crippen LogP contribution in [0.5, 0.6) is 5.75 Å². The lowest BCUT2D eigenvalue weighted by molar-refractivity contribution is 0.406. The molecule has 1 atom stereocenters. The first kappa shape index (κ1) is 18.8. The van der Waals surface area contributed by atoms with Crippen molar-refractivity contribution in [1.29, 1.82) is 0 Å². The van der Waals surface area contributed by atoms with Gasteiger partial charge < -0.3 is 15.4 Å². The zero-order valence-electron chi connectivity index (χ0n) is 15.1. The zero-order valence-corrected chi connectivity index (χ0v) is 15.1. The largest absolute Gasteiger partial charge is 0.496 e. The van der Waals surface area contributed by atoms with E-state index in [1.54, 1.807) is 26.3 Å². The number of hydrogen-bond acceptors (Lipinski definition) is 2. The Morgan fingerprint density at radius 2 is 1.84 bits per heavy atom. The number of rotatable bonds is 7. The van der Waals surface area contributed by atoms with Gasteiger partial charge in [0.2, 0.25) is 0 Å². The molecule has 0 spiro atoms. The van der Waals surface area contributed by atoms with Gasteiger partial charge >= 0.3 is 0 Å². The van der Waals surface area contributed by atoms with E-state index < -0.39 is 0 Å². The third-order valence-corrected chi connectivity index (χ3v) is 4.11. The topological polar surface area (TPSA) is 45.7 Å². The van der Waals surface area contributed by atoms with E-state index in [-0.39, 0.29) is 11.7 Å². The standard InChI is InChI=1S/C20H26FN3O/c1-15(17-9-5-7-11-19(17)25-3)14-24-20(22-2)23-13-12-16-8-4-6-10-18(16)21/h4-11,15H,12-14H2,1-3H3,(H2,22,23,24). The van der Waals surface area contributed by atoms with Crippen LogP contribution in [0.1, 0.15) is 24.0 Å². The molecule has 0 amide bonds. The number of guanidine groups is 1. The van der Waals surface area contributed by atoms with Crippen LogP contribution in [0.2, 0.25) is 0 Å². The van der Waals surface area contributed by atoms with Crippen LogP contribution in [0.25, 0.3) is 0 Å². The van der Waals surface area contributed by atoms with Gasteiger partial charge in [0, 0.05) is 26.1 Å². The monoisotopic (exact) mass is 343 g/mol. The van der Waals surface area contributed by atoms with Crippen LogP contribution >= 0.6 is 0 Å². The summed E-state index contributed by atoms with van der Waals surface area (Å²) in [6, 6.07) is 14.8. The molecule has 0 aliphatic heterocycles. The molecule has 25 heavy (non-hydrogen) atoms. The van der Waals surface area contributed by atoms with Crippen molar-refractivity contribution in [2.24, 2.45) is 4.99 Å². The van der Waals surface area contributed by atoms with Crippen LogP contribution in [0.4, 0.5) is 4.39 Å². The van der Waals surface area contributed by atoms with E-state index in [1.807, 2.05) is 24.3 Å². The highest BCUT2D eigenvalue weighted by molar-refractivity contribution is 5.79. The van der Waals surface area contributed by atoms with Gasteiger partial charge in [0.05, 0.1) is 7.11 Å². The maximum absolute atomic E-state index is 13.6. The molecular weight excluding hydrogens is 317 g/mol. The number of aliphatic imine (C=N–C) groups is 1. The van der Waals surface area contributed by atoms with E-state index in [0.29, 0.717) is 24.5 Å². The minimum Gasteiger partial charge on any atom is -0.496 e. The van der Waals surface area contributed by atoms with E-state index in [1.165, 1.54) is 6.07 Å². The molecule has 4 nitrogen and oxygen atoms in total. The molecule has 2 rings (SSSR count). The van der Waals surface area contributed by atoms with Crippen LogP contribution in [0.15, 0.2) is 53.5 Å². The van der Waals surface area contributed by atoms with Gasteiger partial charge in [-0.15, -0.1) is 0 Å². The van der Waals surface area contributed by atoms with E-state index >= 15 is 0 Å². The molecule has 5 heteroatoms. The average molecular weight is 343 g/mol. The lowest BCUT2D eigenvalue weighted by atomic mass is 10.0. The molecule has 134 valence electrons. The number of benzene rings is 2. The number of nitrogens with one attached hydrogen (secondary N) is 2. The second-order valence-electron chi connectivity index (χ2n) is 5.86. The second-order valence-corrected chi connectivity index (χ2v) is 5.86. The Hall–Kier alpha value is -2.56. The molecule has 0 bridgehead atoms. The first-order valence-corrected chi connectivity index (χ1v) is 8.46. The number of halogens is 1. The fourth-order valence-corrected chi connectivity index (χ4v) is 2.67. The number of methoxy groups -OCH3 is 1. The molecule has 0 saturated carbocycles. The minimum absolute atomic E-state index is 0.169. The first-order chi connectivity index (χ1) is 12.2. The molecule has 0 heterocycles. The molecule has 0 aromatic heterocycles. The van der Waals surface area contributed by atoms with Crippen molar-refractivity contribution >= 4 is 5.96 Å². The van der Waals surface area contributed by atoms with Crippen molar-refractivity contribution < 1.29 is 9.13 Å². The molecular formula is C20H26FN3O. The summed E-state index contributed by atoms with van der Waals surface area (Å²) in [4.78, 5) is 4.22. The Morgan fingerprint density at radius 1 is 1.12 bits per heavy atom. The summed E-state index contributed by atoms with van der Waals surface area (Å²) in [6.07, 6.45) is 0.607. The normalized spacial score (nSPS) is 12.6. The van der Waals surface area contributed by atoms with Crippen LogP contribution in [-0.4, -0.2) is 33.2 Å². The Balaban J connectivity index is 1.83. The smallest absolute Gasteiger partial charge is 0.191 e. The van der Waals surface area contributed by atoms with Crippen molar-refractivity contribution in [3.63, 3.8) is 0 Å². The second kappa shape index (κ2) is 9.67. The Kier molecular flexibility index (Phi) is 7.26. The summed E-state index contributed by atoms with van der Waals surface area (Å²) in [6.45, 7) is 3.47. The summed E-state index contributed by atoms with van der Waals surface area (Å²) >= 11 is 0. The zero-order chi connectivity index (χ0) is 18.1. The van der Waals surface area contributed by atoms with Crippen molar-refractivity contribution in [2.45, 2.75) is 19.3 Å².